The van der Waals surface area contributed by atoms with Crippen LogP contribution in [0.5, 0.6) is 5.75 Å². The van der Waals surface area contributed by atoms with Crippen molar-refractivity contribution in [3.63, 3.8) is 0 Å². The van der Waals surface area contributed by atoms with Gasteiger partial charge in [-0.1, -0.05) is 29.3 Å². The van der Waals surface area contributed by atoms with Crippen LogP contribution in [0.2, 0.25) is 0 Å². The molecule has 2 N–H and O–H groups in total. The summed E-state index contributed by atoms with van der Waals surface area (Å²) in [7, 11) is 1.86. The Morgan fingerprint density at radius 1 is 1.56 bits per heavy atom. The highest BCUT2D eigenvalue weighted by Gasteiger charge is 2.18. The van der Waals surface area contributed by atoms with Crippen LogP contribution in [0.4, 0.5) is 0 Å². The summed E-state index contributed by atoms with van der Waals surface area (Å²) >= 11 is 3.45. The fourth-order valence-electron chi connectivity index (χ4n) is 1.61. The number of halogens is 1. The largest absolute Gasteiger partial charge is 0.479 e. The molecule has 1 atom stereocenters. The van der Waals surface area contributed by atoms with E-state index in [1.165, 1.54) is 0 Å². The highest BCUT2D eigenvalue weighted by atomic mass is 79.9. The number of benzene rings is 1. The fraction of sp³-hybridized carbons (Fsp3) is 0.462. The molecule has 4 nitrogen and oxygen atoms in total. The molecule has 0 bridgehead atoms. The Morgan fingerprint density at radius 2 is 2.28 bits per heavy atom. The molecule has 0 heterocycles. The number of carbonyl (C=O) groups is 1. The van der Waals surface area contributed by atoms with Crippen LogP contribution >= 0.6 is 15.9 Å². The lowest BCUT2D eigenvalue weighted by Crippen LogP contribution is -2.26. The van der Waals surface area contributed by atoms with Gasteiger partial charge in [-0.05, 0) is 37.2 Å². The van der Waals surface area contributed by atoms with Gasteiger partial charge in [-0.15, -0.1) is 0 Å². The molecule has 0 aliphatic heterocycles. The summed E-state index contributed by atoms with van der Waals surface area (Å²) in [6.07, 6.45) is 0.502. The summed E-state index contributed by atoms with van der Waals surface area (Å²) in [6, 6.07) is 5.49. The molecule has 1 aromatic carbocycles. The van der Waals surface area contributed by atoms with Gasteiger partial charge in [-0.2, -0.15) is 0 Å². The van der Waals surface area contributed by atoms with Gasteiger partial charge < -0.3 is 15.2 Å². The Hall–Kier alpha value is -1.07. The van der Waals surface area contributed by atoms with Crippen molar-refractivity contribution in [2.75, 3.05) is 7.05 Å². The lowest BCUT2D eigenvalue weighted by atomic mass is 10.2. The second-order valence-corrected chi connectivity index (χ2v) is 4.87. The van der Waals surface area contributed by atoms with Gasteiger partial charge in [0.2, 0.25) is 0 Å². The van der Waals surface area contributed by atoms with E-state index in [4.69, 9.17) is 9.84 Å². The van der Waals surface area contributed by atoms with Crippen LogP contribution in [-0.2, 0) is 11.3 Å². The average molecular weight is 316 g/mol. The van der Waals surface area contributed by atoms with Gasteiger partial charge in [0, 0.05) is 11.0 Å². The first-order valence-corrected chi connectivity index (χ1v) is 6.70. The SMILES string of the molecule is CCCC(Oc1ccc(Br)c(CNC)c1)C(=O)O. The first kappa shape index (κ1) is 15.0. The number of ether oxygens (including phenoxy) is 1. The zero-order chi connectivity index (χ0) is 13.5. The number of carboxylic acid groups (broad SMARTS) is 1. The fourth-order valence-corrected chi connectivity index (χ4v) is 2.00. The quantitative estimate of drug-likeness (QED) is 0.812. The molecule has 1 aromatic rings. The third-order valence-corrected chi connectivity index (χ3v) is 3.26. The van der Waals surface area contributed by atoms with Crippen molar-refractivity contribution in [3.05, 3.63) is 28.2 Å². The molecule has 0 saturated heterocycles. The summed E-state index contributed by atoms with van der Waals surface area (Å²) in [5, 5.41) is 12.1. The Balaban J connectivity index is 2.82. The molecular weight excluding hydrogens is 298 g/mol. The third-order valence-electron chi connectivity index (χ3n) is 2.49. The zero-order valence-corrected chi connectivity index (χ0v) is 12.2. The average Bonchev–Trinajstić information content (AvgIpc) is 2.33. The number of nitrogens with one attached hydrogen (secondary N) is 1. The van der Waals surface area contributed by atoms with Gasteiger partial charge in [0.25, 0.3) is 0 Å². The summed E-state index contributed by atoms with van der Waals surface area (Å²) in [4.78, 5) is 11.0. The van der Waals surface area contributed by atoms with E-state index in [9.17, 15) is 4.79 Å². The highest BCUT2D eigenvalue weighted by Crippen LogP contribution is 2.24. The van der Waals surface area contributed by atoms with Crippen LogP contribution in [0, 0.1) is 0 Å². The molecule has 0 saturated carbocycles. The van der Waals surface area contributed by atoms with Crippen LogP contribution in [0.15, 0.2) is 22.7 Å². The van der Waals surface area contributed by atoms with Crippen molar-refractivity contribution in [2.24, 2.45) is 0 Å². The molecule has 0 aliphatic carbocycles. The summed E-state index contributed by atoms with van der Waals surface area (Å²) in [5.74, 6) is -0.334. The number of rotatable bonds is 7. The topological polar surface area (TPSA) is 58.6 Å². The van der Waals surface area contributed by atoms with E-state index in [0.29, 0.717) is 18.7 Å². The van der Waals surface area contributed by atoms with E-state index in [-0.39, 0.29) is 0 Å². The van der Waals surface area contributed by atoms with Crippen molar-refractivity contribution in [2.45, 2.75) is 32.4 Å². The van der Waals surface area contributed by atoms with Gasteiger partial charge in [0.1, 0.15) is 5.75 Å². The molecule has 0 fully saturated rings. The predicted molar refractivity (Wildman–Crippen MR) is 73.9 cm³/mol. The Morgan fingerprint density at radius 3 is 2.83 bits per heavy atom. The van der Waals surface area contributed by atoms with Gasteiger partial charge in [0.05, 0.1) is 0 Å². The lowest BCUT2D eigenvalue weighted by Gasteiger charge is -2.15. The van der Waals surface area contributed by atoms with Crippen molar-refractivity contribution in [1.29, 1.82) is 0 Å². The first-order valence-electron chi connectivity index (χ1n) is 5.91. The van der Waals surface area contributed by atoms with Crippen LogP contribution in [0.25, 0.3) is 0 Å². The monoisotopic (exact) mass is 315 g/mol. The van der Waals surface area contributed by atoms with Crippen LogP contribution in [-0.4, -0.2) is 24.2 Å². The van der Waals surface area contributed by atoms with E-state index in [1.54, 1.807) is 6.07 Å². The number of carboxylic acids is 1. The Bertz CT molecular complexity index is 409. The molecule has 0 aliphatic rings. The van der Waals surface area contributed by atoms with Crippen molar-refractivity contribution in [1.82, 2.24) is 5.32 Å². The maximum Gasteiger partial charge on any atom is 0.344 e. The smallest absolute Gasteiger partial charge is 0.344 e. The predicted octanol–water partition coefficient (Wildman–Crippen LogP) is 2.80. The molecule has 0 spiro atoms. The first-order chi connectivity index (χ1) is 8.58. The highest BCUT2D eigenvalue weighted by molar-refractivity contribution is 9.10. The van der Waals surface area contributed by atoms with Gasteiger partial charge >= 0.3 is 5.97 Å². The minimum absolute atomic E-state index is 0.507. The van der Waals surface area contributed by atoms with Gasteiger partial charge in [0.15, 0.2) is 6.10 Å². The van der Waals surface area contributed by atoms with E-state index < -0.39 is 12.1 Å². The summed E-state index contributed by atoms with van der Waals surface area (Å²) in [6.45, 7) is 2.64. The molecule has 1 rings (SSSR count). The molecule has 18 heavy (non-hydrogen) atoms. The number of hydrogen-bond acceptors (Lipinski definition) is 3. The number of hydrogen-bond donors (Lipinski definition) is 2. The number of aliphatic carboxylic acids is 1. The molecule has 0 radical (unpaired) electrons. The molecule has 100 valence electrons. The molecule has 5 heteroatoms. The minimum atomic E-state index is -0.921. The normalized spacial score (nSPS) is 12.2. The van der Waals surface area contributed by atoms with Crippen molar-refractivity contribution >= 4 is 21.9 Å². The van der Waals surface area contributed by atoms with Crippen molar-refractivity contribution < 1.29 is 14.6 Å². The standard InChI is InChI=1S/C13H18BrNO3/c1-3-4-12(13(16)17)18-10-5-6-11(14)9(7-10)8-15-2/h5-7,12,15H,3-4,8H2,1-2H3,(H,16,17). The molecular formula is C13H18BrNO3. The van der Waals surface area contributed by atoms with E-state index in [0.717, 1.165) is 16.5 Å². The Labute approximate surface area is 115 Å². The summed E-state index contributed by atoms with van der Waals surface area (Å²) < 4.78 is 6.49. The zero-order valence-electron chi connectivity index (χ0n) is 10.6. The van der Waals surface area contributed by atoms with E-state index >= 15 is 0 Å². The lowest BCUT2D eigenvalue weighted by molar-refractivity contribution is -0.145. The Kier molecular flexibility index (Phi) is 6.15. The van der Waals surface area contributed by atoms with E-state index in [1.807, 2.05) is 26.1 Å². The second kappa shape index (κ2) is 7.38. The van der Waals surface area contributed by atoms with Crippen molar-refractivity contribution in [3.8, 4) is 5.75 Å². The second-order valence-electron chi connectivity index (χ2n) is 4.02. The van der Waals surface area contributed by atoms with Gasteiger partial charge in [-0.25, -0.2) is 4.79 Å². The maximum absolute atomic E-state index is 11.0. The van der Waals surface area contributed by atoms with Crippen LogP contribution < -0.4 is 10.1 Å². The molecule has 1 unspecified atom stereocenters. The third kappa shape index (κ3) is 4.31. The maximum atomic E-state index is 11.0. The van der Waals surface area contributed by atoms with Crippen LogP contribution in [0.3, 0.4) is 0 Å². The molecule has 0 aromatic heterocycles. The summed E-state index contributed by atoms with van der Waals surface area (Å²) in [5.41, 5.74) is 1.04. The van der Waals surface area contributed by atoms with Gasteiger partial charge in [-0.3, -0.25) is 0 Å². The molecule has 0 amide bonds. The minimum Gasteiger partial charge on any atom is -0.479 e. The van der Waals surface area contributed by atoms with E-state index in [2.05, 4.69) is 21.2 Å². The van der Waals surface area contributed by atoms with Crippen LogP contribution in [0.1, 0.15) is 25.3 Å².